The van der Waals surface area contributed by atoms with Gasteiger partial charge in [0, 0.05) is 19.8 Å². The van der Waals surface area contributed by atoms with Crippen molar-refractivity contribution in [2.24, 2.45) is 0 Å². The Morgan fingerprint density at radius 2 is 0.864 bits per heavy atom. The van der Waals surface area contributed by atoms with E-state index in [4.69, 9.17) is 4.74 Å². The second-order valence-corrected chi connectivity index (χ2v) is 10.8. The average molecular weight is 584 g/mol. The molecule has 0 aromatic heterocycles. The minimum Gasteiger partial charge on any atom is -0.497 e. The predicted octanol–water partition coefficient (Wildman–Crippen LogP) is 11.5. The van der Waals surface area contributed by atoms with Crippen LogP contribution < -0.4 is 9.64 Å². The van der Waals surface area contributed by atoms with Crippen molar-refractivity contribution in [3.8, 4) is 16.9 Å². The van der Waals surface area contributed by atoms with Crippen molar-refractivity contribution in [2.45, 2.75) is 35.1 Å². The fourth-order valence-electron chi connectivity index (χ4n) is 4.20. The molecule has 0 aliphatic carbocycles. The molecule has 0 unspecified atom stereocenters. The van der Waals surface area contributed by atoms with Gasteiger partial charge in [-0.25, -0.2) is 0 Å². The van der Waals surface area contributed by atoms with Gasteiger partial charge >= 0.3 is 0 Å². The van der Waals surface area contributed by atoms with Crippen LogP contribution in [0.1, 0.15) is 29.7 Å². The molecule has 0 atom stereocenters. The maximum Gasteiger partial charge on any atom is 0.118 e. The fraction of sp³-hybridized carbons (Fsp3) is 0.190. The lowest BCUT2D eigenvalue weighted by Crippen LogP contribution is -2.07. The van der Waals surface area contributed by atoms with Crippen LogP contribution in [0.2, 0.25) is 0 Å². The van der Waals surface area contributed by atoms with E-state index in [1.54, 1.807) is 7.11 Å². The van der Waals surface area contributed by atoms with E-state index in [0.29, 0.717) is 0 Å². The van der Waals surface area contributed by atoms with Crippen LogP contribution in [0.4, 0.5) is 5.69 Å². The zero-order valence-corrected chi connectivity index (χ0v) is 26.7. The number of rotatable bonds is 3. The van der Waals surface area contributed by atoms with Gasteiger partial charge in [0.15, 0.2) is 0 Å². The first-order chi connectivity index (χ1) is 20.7. The number of benzene rings is 6. The van der Waals surface area contributed by atoms with Crippen molar-refractivity contribution >= 4 is 16.5 Å². The number of nitrogens with zero attached hydrogens (tertiary/aromatic N) is 1. The topological polar surface area (TPSA) is 12.5 Å². The van der Waals surface area contributed by atoms with Crippen molar-refractivity contribution in [3.63, 3.8) is 0 Å². The SMILES string of the molecule is C.COc1ccc(C)cc1.Cc1ccc(-c2ccccc2)cc1.Cc1ccc(N(C)C)cc1.Cc1ccc2ccccc2c1. The van der Waals surface area contributed by atoms with Crippen molar-refractivity contribution in [1.82, 2.24) is 0 Å². The smallest absolute Gasteiger partial charge is 0.118 e. The quantitative estimate of drug-likeness (QED) is 0.205. The lowest BCUT2D eigenvalue weighted by molar-refractivity contribution is 0.414. The standard InChI is InChI=1S/C13H12.C11H10.C9H13N.C8H10O.CH4/c1-11-7-9-13(10-8-11)12-5-3-2-4-6-12;1-9-6-7-10-4-2-3-5-11(10)8-9;1-8-4-6-9(7-5-8)10(2)3;1-7-3-5-8(9-2)6-4-7;/h2-10H,1H3;2-8H,1H3;4-7H,1-3H3;3-6H,1-2H3;1H4. The van der Waals surface area contributed by atoms with Crippen LogP contribution in [-0.4, -0.2) is 21.2 Å². The molecule has 0 heterocycles. The Morgan fingerprint density at radius 3 is 1.39 bits per heavy atom. The van der Waals surface area contributed by atoms with Gasteiger partial charge in [0.2, 0.25) is 0 Å². The lowest BCUT2D eigenvalue weighted by Gasteiger charge is -2.11. The molecule has 2 nitrogen and oxygen atoms in total. The summed E-state index contributed by atoms with van der Waals surface area (Å²) < 4.78 is 4.97. The van der Waals surface area contributed by atoms with E-state index in [1.165, 1.54) is 49.8 Å². The van der Waals surface area contributed by atoms with Gasteiger partial charge in [0.25, 0.3) is 0 Å². The van der Waals surface area contributed by atoms with Crippen molar-refractivity contribution in [1.29, 1.82) is 0 Å². The van der Waals surface area contributed by atoms with Crippen LogP contribution >= 0.6 is 0 Å². The molecule has 6 aromatic rings. The first-order valence-corrected chi connectivity index (χ1v) is 14.7. The Morgan fingerprint density at radius 1 is 0.432 bits per heavy atom. The molecule has 228 valence electrons. The second-order valence-electron chi connectivity index (χ2n) is 10.8. The molecule has 0 saturated heterocycles. The van der Waals surface area contributed by atoms with Gasteiger partial charge in [-0.15, -0.1) is 0 Å². The molecule has 0 aliphatic rings. The number of methoxy groups -OCH3 is 1. The normalized spacial score (nSPS) is 9.52. The molecule has 0 N–H and O–H groups in total. The van der Waals surface area contributed by atoms with Gasteiger partial charge in [-0.1, -0.05) is 151 Å². The fourth-order valence-corrected chi connectivity index (χ4v) is 4.20. The number of anilines is 1. The molecule has 6 rings (SSSR count). The Labute approximate surface area is 266 Å². The molecule has 0 spiro atoms. The van der Waals surface area contributed by atoms with Gasteiger partial charge in [-0.3, -0.25) is 0 Å². The third kappa shape index (κ3) is 12.2. The summed E-state index contributed by atoms with van der Waals surface area (Å²) >= 11 is 0. The zero-order valence-electron chi connectivity index (χ0n) is 26.7. The maximum atomic E-state index is 4.97. The van der Waals surface area contributed by atoms with E-state index >= 15 is 0 Å². The van der Waals surface area contributed by atoms with Gasteiger partial charge in [-0.2, -0.15) is 0 Å². The molecule has 2 heteroatoms. The largest absolute Gasteiger partial charge is 0.497 e. The molecule has 6 aromatic carbocycles. The van der Waals surface area contributed by atoms with E-state index in [2.05, 4.69) is 148 Å². The molecule has 0 aliphatic heterocycles. The second kappa shape index (κ2) is 18.7. The van der Waals surface area contributed by atoms with Crippen LogP contribution in [0.5, 0.6) is 5.75 Å². The third-order valence-corrected chi connectivity index (χ3v) is 6.87. The van der Waals surface area contributed by atoms with Crippen molar-refractivity contribution < 1.29 is 4.74 Å². The van der Waals surface area contributed by atoms with Crippen molar-refractivity contribution in [2.75, 3.05) is 26.1 Å². The Bertz CT molecular complexity index is 1620. The summed E-state index contributed by atoms with van der Waals surface area (Å²) in [6.07, 6.45) is 0. The zero-order chi connectivity index (χ0) is 31.0. The highest BCUT2D eigenvalue weighted by molar-refractivity contribution is 5.82. The molecule has 0 saturated carbocycles. The molecule has 0 bridgehead atoms. The van der Waals surface area contributed by atoms with Gasteiger partial charge in [-0.05, 0) is 73.9 Å². The summed E-state index contributed by atoms with van der Waals surface area (Å²) in [5, 5.41) is 2.64. The predicted molar refractivity (Wildman–Crippen MR) is 195 cm³/mol. The first-order valence-electron chi connectivity index (χ1n) is 14.7. The van der Waals surface area contributed by atoms with Gasteiger partial charge < -0.3 is 9.64 Å². The number of ether oxygens (including phenoxy) is 1. The minimum atomic E-state index is 0. The Kier molecular flexibility index (Phi) is 15.0. The lowest BCUT2D eigenvalue weighted by atomic mass is 10.0. The highest BCUT2D eigenvalue weighted by Gasteiger charge is 1.94. The van der Waals surface area contributed by atoms with E-state index in [1.807, 2.05) is 44.4 Å². The summed E-state index contributed by atoms with van der Waals surface area (Å²) in [6, 6.07) is 50.4. The molecular weight excluding hydrogens is 534 g/mol. The number of aryl methyl sites for hydroxylation is 4. The minimum absolute atomic E-state index is 0. The molecule has 0 fully saturated rings. The van der Waals surface area contributed by atoms with Gasteiger partial charge in [0.1, 0.15) is 5.75 Å². The van der Waals surface area contributed by atoms with Gasteiger partial charge in [0.05, 0.1) is 7.11 Å². The summed E-state index contributed by atoms with van der Waals surface area (Å²) in [5.74, 6) is 0.917. The maximum absolute atomic E-state index is 4.97. The molecule has 44 heavy (non-hydrogen) atoms. The van der Waals surface area contributed by atoms with Crippen LogP contribution in [0.25, 0.3) is 21.9 Å². The summed E-state index contributed by atoms with van der Waals surface area (Å²) in [6.45, 7) is 8.38. The van der Waals surface area contributed by atoms with Crippen molar-refractivity contribution in [3.05, 3.63) is 168 Å². The molecule has 0 radical (unpaired) electrons. The Balaban J connectivity index is 0.000000205. The van der Waals surface area contributed by atoms with E-state index in [9.17, 15) is 0 Å². The summed E-state index contributed by atoms with van der Waals surface area (Å²) in [5.41, 5.74) is 9.02. The average Bonchev–Trinajstić information content (AvgIpc) is 3.03. The molecule has 0 amide bonds. The number of hydrogen-bond donors (Lipinski definition) is 0. The van der Waals surface area contributed by atoms with Crippen LogP contribution in [0.15, 0.2) is 146 Å². The summed E-state index contributed by atoms with van der Waals surface area (Å²) in [7, 11) is 5.76. The summed E-state index contributed by atoms with van der Waals surface area (Å²) in [4.78, 5) is 2.10. The highest BCUT2D eigenvalue weighted by atomic mass is 16.5. The first kappa shape index (κ1) is 35.4. The van der Waals surface area contributed by atoms with E-state index < -0.39 is 0 Å². The van der Waals surface area contributed by atoms with Crippen LogP contribution in [0, 0.1) is 27.7 Å². The van der Waals surface area contributed by atoms with Crippen LogP contribution in [0.3, 0.4) is 0 Å². The third-order valence-electron chi connectivity index (χ3n) is 6.87. The number of fused-ring (bicyclic) bond motifs is 1. The van der Waals surface area contributed by atoms with Crippen LogP contribution in [-0.2, 0) is 0 Å². The Hall–Kier alpha value is -4.82. The van der Waals surface area contributed by atoms with E-state index in [0.717, 1.165) is 5.75 Å². The number of hydrogen-bond acceptors (Lipinski definition) is 2. The molecular formula is C42H49NO. The van der Waals surface area contributed by atoms with E-state index in [-0.39, 0.29) is 7.43 Å². The highest BCUT2D eigenvalue weighted by Crippen LogP contribution is 2.19. The monoisotopic (exact) mass is 583 g/mol.